The Morgan fingerprint density at radius 1 is 1.16 bits per heavy atom. The molecule has 31 heavy (non-hydrogen) atoms. The molecule has 0 atom stereocenters. The lowest BCUT2D eigenvalue weighted by atomic mass is 9.73. The molecule has 5 nitrogen and oxygen atoms in total. The summed E-state index contributed by atoms with van der Waals surface area (Å²) in [7, 11) is 1.57. The molecule has 6 heteroatoms. The second-order valence-electron chi connectivity index (χ2n) is 8.63. The van der Waals surface area contributed by atoms with Gasteiger partial charge in [-0.25, -0.2) is 4.39 Å². The van der Waals surface area contributed by atoms with Crippen molar-refractivity contribution >= 4 is 5.91 Å². The number of carbonyl (C=O) groups is 1. The van der Waals surface area contributed by atoms with Crippen molar-refractivity contribution in [2.75, 3.05) is 33.4 Å². The third kappa shape index (κ3) is 4.75. The summed E-state index contributed by atoms with van der Waals surface area (Å²) in [6.07, 6.45) is 3.02. The van der Waals surface area contributed by atoms with E-state index < -0.39 is 5.41 Å². The van der Waals surface area contributed by atoms with Crippen molar-refractivity contribution in [3.05, 3.63) is 53.8 Å². The SMILES string of the molecule is COc1ccc(F)cc1-c1ccc(CC2(C(=O)N3CCC(O)CC3)CCOCC2)cc1. The van der Waals surface area contributed by atoms with Crippen LogP contribution in [-0.4, -0.2) is 55.4 Å². The summed E-state index contributed by atoms with van der Waals surface area (Å²) < 4.78 is 24.7. The number of benzene rings is 2. The zero-order valence-electron chi connectivity index (χ0n) is 18.0. The van der Waals surface area contributed by atoms with Crippen LogP contribution in [0.5, 0.6) is 5.75 Å². The Morgan fingerprint density at radius 2 is 1.84 bits per heavy atom. The molecule has 0 radical (unpaired) electrons. The molecule has 0 bridgehead atoms. The number of aliphatic hydroxyl groups excluding tert-OH is 1. The van der Waals surface area contributed by atoms with Gasteiger partial charge in [0.15, 0.2) is 0 Å². The molecule has 0 aromatic heterocycles. The first kappa shape index (κ1) is 21.8. The second kappa shape index (κ2) is 9.37. The maximum atomic E-state index is 13.8. The molecule has 166 valence electrons. The van der Waals surface area contributed by atoms with E-state index in [1.165, 1.54) is 12.1 Å². The summed E-state index contributed by atoms with van der Waals surface area (Å²) in [5, 5.41) is 9.80. The fourth-order valence-corrected chi connectivity index (χ4v) is 4.73. The Hall–Kier alpha value is -2.44. The average Bonchev–Trinajstić information content (AvgIpc) is 2.80. The van der Waals surface area contributed by atoms with Gasteiger partial charge >= 0.3 is 0 Å². The number of hydrogen-bond donors (Lipinski definition) is 1. The summed E-state index contributed by atoms with van der Waals surface area (Å²) in [5.41, 5.74) is 2.18. The summed E-state index contributed by atoms with van der Waals surface area (Å²) in [6, 6.07) is 12.4. The molecule has 0 aliphatic carbocycles. The lowest BCUT2D eigenvalue weighted by Gasteiger charge is -2.41. The van der Waals surface area contributed by atoms with Gasteiger partial charge in [0.2, 0.25) is 5.91 Å². The highest BCUT2D eigenvalue weighted by Gasteiger charge is 2.43. The van der Waals surface area contributed by atoms with E-state index >= 15 is 0 Å². The van der Waals surface area contributed by atoms with Crippen LogP contribution in [0.2, 0.25) is 0 Å². The summed E-state index contributed by atoms with van der Waals surface area (Å²) in [5.74, 6) is 0.495. The Labute approximate surface area is 182 Å². The Morgan fingerprint density at radius 3 is 2.48 bits per heavy atom. The van der Waals surface area contributed by atoms with E-state index in [4.69, 9.17) is 9.47 Å². The molecule has 0 unspecified atom stereocenters. The number of methoxy groups -OCH3 is 1. The summed E-state index contributed by atoms with van der Waals surface area (Å²) in [6.45, 7) is 2.39. The van der Waals surface area contributed by atoms with Crippen molar-refractivity contribution in [1.82, 2.24) is 4.90 Å². The number of aliphatic hydroxyl groups is 1. The van der Waals surface area contributed by atoms with Crippen molar-refractivity contribution < 1.29 is 23.8 Å². The largest absolute Gasteiger partial charge is 0.496 e. The molecule has 2 aromatic rings. The number of rotatable bonds is 5. The average molecular weight is 428 g/mol. The van der Waals surface area contributed by atoms with E-state index in [0.29, 0.717) is 69.7 Å². The minimum Gasteiger partial charge on any atom is -0.496 e. The fourth-order valence-electron chi connectivity index (χ4n) is 4.73. The van der Waals surface area contributed by atoms with Gasteiger partial charge in [-0.3, -0.25) is 4.79 Å². The van der Waals surface area contributed by atoms with Crippen molar-refractivity contribution in [3.63, 3.8) is 0 Å². The lowest BCUT2D eigenvalue weighted by molar-refractivity contribution is -0.150. The number of carbonyl (C=O) groups excluding carboxylic acids is 1. The van der Waals surface area contributed by atoms with Crippen molar-refractivity contribution in [2.24, 2.45) is 5.41 Å². The molecule has 2 fully saturated rings. The van der Waals surface area contributed by atoms with Gasteiger partial charge in [-0.2, -0.15) is 0 Å². The molecule has 4 rings (SSSR count). The van der Waals surface area contributed by atoms with E-state index in [9.17, 15) is 14.3 Å². The van der Waals surface area contributed by atoms with Gasteiger partial charge in [0.05, 0.1) is 18.6 Å². The smallest absolute Gasteiger partial charge is 0.229 e. The minimum atomic E-state index is -0.474. The fraction of sp³-hybridized carbons (Fsp3) is 0.480. The van der Waals surface area contributed by atoms with Gasteiger partial charge in [-0.05, 0) is 61.4 Å². The van der Waals surface area contributed by atoms with Gasteiger partial charge in [-0.1, -0.05) is 24.3 Å². The van der Waals surface area contributed by atoms with Gasteiger partial charge in [0.25, 0.3) is 0 Å². The van der Waals surface area contributed by atoms with E-state index in [1.807, 2.05) is 29.2 Å². The highest BCUT2D eigenvalue weighted by molar-refractivity contribution is 5.83. The maximum absolute atomic E-state index is 13.8. The quantitative estimate of drug-likeness (QED) is 0.788. The van der Waals surface area contributed by atoms with E-state index in [0.717, 1.165) is 11.1 Å². The molecule has 2 aliphatic rings. The van der Waals surface area contributed by atoms with Crippen LogP contribution in [0.4, 0.5) is 4.39 Å². The van der Waals surface area contributed by atoms with Crippen molar-refractivity contribution in [1.29, 1.82) is 0 Å². The van der Waals surface area contributed by atoms with Gasteiger partial charge in [0, 0.05) is 31.9 Å². The number of nitrogens with zero attached hydrogens (tertiary/aromatic N) is 1. The van der Waals surface area contributed by atoms with Crippen molar-refractivity contribution in [3.8, 4) is 16.9 Å². The van der Waals surface area contributed by atoms with Crippen LogP contribution in [0.1, 0.15) is 31.2 Å². The summed E-state index contributed by atoms with van der Waals surface area (Å²) >= 11 is 0. The molecular formula is C25H30FNO4. The predicted molar refractivity (Wildman–Crippen MR) is 116 cm³/mol. The number of hydrogen-bond acceptors (Lipinski definition) is 4. The highest BCUT2D eigenvalue weighted by atomic mass is 19.1. The second-order valence-corrected chi connectivity index (χ2v) is 8.63. The number of halogens is 1. The minimum absolute atomic E-state index is 0.179. The maximum Gasteiger partial charge on any atom is 0.229 e. The number of ether oxygens (including phenoxy) is 2. The van der Waals surface area contributed by atoms with Crippen LogP contribution < -0.4 is 4.74 Å². The van der Waals surface area contributed by atoms with Crippen LogP contribution in [0.25, 0.3) is 11.1 Å². The Bertz CT molecular complexity index is 900. The summed E-state index contributed by atoms with van der Waals surface area (Å²) in [4.78, 5) is 15.4. The first-order valence-corrected chi connectivity index (χ1v) is 11.0. The van der Waals surface area contributed by atoms with E-state index in [2.05, 4.69) is 0 Å². The normalized spacial score (nSPS) is 19.3. The zero-order valence-corrected chi connectivity index (χ0v) is 18.0. The number of likely N-dealkylation sites (tertiary alicyclic amines) is 1. The molecule has 2 heterocycles. The van der Waals surface area contributed by atoms with E-state index in [-0.39, 0.29) is 17.8 Å². The molecule has 1 N–H and O–H groups in total. The monoisotopic (exact) mass is 427 g/mol. The van der Waals surface area contributed by atoms with Crippen LogP contribution >= 0.6 is 0 Å². The molecule has 0 spiro atoms. The Balaban J connectivity index is 1.55. The molecular weight excluding hydrogens is 397 g/mol. The number of piperidine rings is 1. The molecule has 2 aromatic carbocycles. The number of amides is 1. The first-order chi connectivity index (χ1) is 15.0. The standard InChI is InChI=1S/C25H30FNO4/c1-30-23-7-6-20(26)16-22(23)19-4-2-18(3-5-19)17-25(10-14-31-15-11-25)24(29)27-12-8-21(28)9-13-27/h2-7,16,21,28H,8-15,17H2,1H3. The van der Waals surface area contributed by atoms with Crippen molar-refractivity contribution in [2.45, 2.75) is 38.2 Å². The topological polar surface area (TPSA) is 59.0 Å². The third-order valence-corrected chi connectivity index (χ3v) is 6.62. The lowest BCUT2D eigenvalue weighted by Crippen LogP contribution is -2.51. The zero-order chi connectivity index (χ0) is 21.8. The molecule has 1 amide bonds. The van der Waals surface area contributed by atoms with Crippen LogP contribution in [0, 0.1) is 11.2 Å². The van der Waals surface area contributed by atoms with Gasteiger partial charge in [0.1, 0.15) is 11.6 Å². The molecule has 0 saturated carbocycles. The first-order valence-electron chi connectivity index (χ1n) is 11.0. The van der Waals surface area contributed by atoms with Crippen LogP contribution in [0.3, 0.4) is 0 Å². The van der Waals surface area contributed by atoms with E-state index in [1.54, 1.807) is 13.2 Å². The third-order valence-electron chi connectivity index (χ3n) is 6.62. The Kier molecular flexibility index (Phi) is 6.58. The molecule has 2 saturated heterocycles. The molecule has 2 aliphatic heterocycles. The predicted octanol–water partition coefficient (Wildman–Crippen LogP) is 3.82. The highest BCUT2D eigenvalue weighted by Crippen LogP contribution is 2.38. The van der Waals surface area contributed by atoms with Gasteiger partial charge in [-0.15, -0.1) is 0 Å². The van der Waals surface area contributed by atoms with Gasteiger partial charge < -0.3 is 19.5 Å². The van der Waals surface area contributed by atoms with Crippen LogP contribution in [-0.2, 0) is 16.0 Å². The van der Waals surface area contributed by atoms with Crippen LogP contribution in [0.15, 0.2) is 42.5 Å².